The second-order valence-electron chi connectivity index (χ2n) is 5.20. The molecule has 1 amide bonds. The van der Waals surface area contributed by atoms with Crippen molar-refractivity contribution >= 4 is 11.6 Å². The van der Waals surface area contributed by atoms with Gasteiger partial charge in [0.1, 0.15) is 11.5 Å². The molecular weight excluding hydrogens is 304 g/mol. The van der Waals surface area contributed by atoms with Crippen LogP contribution < -0.4 is 14.9 Å². The van der Waals surface area contributed by atoms with Gasteiger partial charge in [-0.1, -0.05) is 19.1 Å². The van der Waals surface area contributed by atoms with Crippen molar-refractivity contribution in [2.24, 2.45) is 5.10 Å². The van der Waals surface area contributed by atoms with Gasteiger partial charge in [-0.3, -0.25) is 4.79 Å². The highest BCUT2D eigenvalue weighted by Crippen LogP contribution is 2.13. The number of ether oxygens (including phenoxy) is 2. The van der Waals surface area contributed by atoms with Gasteiger partial charge >= 0.3 is 0 Å². The number of hydrogen-bond acceptors (Lipinski definition) is 4. The van der Waals surface area contributed by atoms with Crippen LogP contribution in [0.2, 0.25) is 0 Å². The molecule has 5 heteroatoms. The largest absolute Gasteiger partial charge is 0.497 e. The highest BCUT2D eigenvalue weighted by Gasteiger charge is 2.05. The van der Waals surface area contributed by atoms with Gasteiger partial charge in [-0.15, -0.1) is 0 Å². The van der Waals surface area contributed by atoms with Gasteiger partial charge in [0, 0.05) is 0 Å². The molecule has 0 bridgehead atoms. The third kappa shape index (κ3) is 4.84. The third-order valence-electron chi connectivity index (χ3n) is 3.60. The molecule has 0 atom stereocenters. The SMILES string of the molecule is CCC(=NNC(=O)Cc1ccc(OC)cc1)c1ccc(OC)cc1. The summed E-state index contributed by atoms with van der Waals surface area (Å²) in [5, 5.41) is 4.25. The third-order valence-corrected chi connectivity index (χ3v) is 3.60. The predicted octanol–water partition coefficient (Wildman–Crippen LogP) is 3.18. The maximum atomic E-state index is 12.0. The number of rotatable bonds is 7. The first-order chi connectivity index (χ1) is 11.7. The average Bonchev–Trinajstić information content (AvgIpc) is 2.63. The van der Waals surface area contributed by atoms with Crippen molar-refractivity contribution in [3.05, 3.63) is 59.7 Å². The standard InChI is InChI=1S/C19H22N2O3/c1-4-18(15-7-11-17(24-3)12-8-15)20-21-19(22)13-14-5-9-16(23-2)10-6-14/h5-12H,4,13H2,1-3H3,(H,21,22). The lowest BCUT2D eigenvalue weighted by atomic mass is 10.1. The van der Waals surface area contributed by atoms with Crippen molar-refractivity contribution in [1.82, 2.24) is 5.43 Å². The number of methoxy groups -OCH3 is 2. The molecule has 2 aromatic rings. The summed E-state index contributed by atoms with van der Waals surface area (Å²) in [6.07, 6.45) is 0.988. The van der Waals surface area contributed by atoms with E-state index in [1.165, 1.54) is 0 Å². The summed E-state index contributed by atoms with van der Waals surface area (Å²) in [7, 11) is 3.24. The van der Waals surface area contributed by atoms with Crippen LogP contribution in [0.5, 0.6) is 11.5 Å². The monoisotopic (exact) mass is 326 g/mol. The Kier molecular flexibility index (Phi) is 6.37. The van der Waals surface area contributed by atoms with Crippen LogP contribution in [0.15, 0.2) is 53.6 Å². The Morgan fingerprint density at radius 1 is 0.958 bits per heavy atom. The average molecular weight is 326 g/mol. The van der Waals surface area contributed by atoms with E-state index in [1.807, 2.05) is 55.5 Å². The smallest absolute Gasteiger partial charge is 0.244 e. The first kappa shape index (κ1) is 17.5. The van der Waals surface area contributed by atoms with Crippen molar-refractivity contribution in [2.75, 3.05) is 14.2 Å². The number of nitrogens with zero attached hydrogens (tertiary/aromatic N) is 1. The van der Waals surface area contributed by atoms with Crippen molar-refractivity contribution in [1.29, 1.82) is 0 Å². The van der Waals surface area contributed by atoms with E-state index >= 15 is 0 Å². The summed E-state index contributed by atoms with van der Waals surface area (Å²) >= 11 is 0. The number of amides is 1. The highest BCUT2D eigenvalue weighted by molar-refractivity contribution is 6.01. The van der Waals surface area contributed by atoms with E-state index in [9.17, 15) is 4.79 Å². The Hall–Kier alpha value is -2.82. The van der Waals surface area contributed by atoms with Gasteiger partial charge in [-0.05, 0) is 53.9 Å². The fourth-order valence-corrected chi connectivity index (χ4v) is 2.23. The number of carbonyl (C=O) groups excluding carboxylic acids is 1. The summed E-state index contributed by atoms with van der Waals surface area (Å²) in [5.74, 6) is 1.40. The zero-order valence-corrected chi connectivity index (χ0v) is 14.2. The second-order valence-corrected chi connectivity index (χ2v) is 5.20. The number of carbonyl (C=O) groups is 1. The molecule has 0 unspecified atom stereocenters. The summed E-state index contributed by atoms with van der Waals surface area (Å²) in [4.78, 5) is 12.0. The van der Waals surface area contributed by atoms with Crippen LogP contribution in [0.1, 0.15) is 24.5 Å². The maximum Gasteiger partial charge on any atom is 0.244 e. The lowest BCUT2D eigenvalue weighted by Gasteiger charge is -2.07. The number of hydrazone groups is 1. The zero-order chi connectivity index (χ0) is 17.4. The molecule has 0 aliphatic heterocycles. The number of hydrogen-bond donors (Lipinski definition) is 1. The zero-order valence-electron chi connectivity index (χ0n) is 14.2. The van der Waals surface area contributed by atoms with Crippen LogP contribution in [0, 0.1) is 0 Å². The van der Waals surface area contributed by atoms with Crippen LogP contribution in [0.3, 0.4) is 0 Å². The fraction of sp³-hybridized carbons (Fsp3) is 0.263. The number of benzene rings is 2. The molecule has 126 valence electrons. The Labute approximate surface area is 142 Å². The predicted molar refractivity (Wildman–Crippen MR) is 94.7 cm³/mol. The minimum absolute atomic E-state index is 0.153. The van der Waals surface area contributed by atoms with E-state index in [4.69, 9.17) is 9.47 Å². The van der Waals surface area contributed by atoms with Gasteiger partial charge in [0.2, 0.25) is 5.91 Å². The Morgan fingerprint density at radius 2 is 1.50 bits per heavy atom. The molecule has 0 fully saturated rings. The molecule has 0 aliphatic rings. The quantitative estimate of drug-likeness (QED) is 0.628. The van der Waals surface area contributed by atoms with Gasteiger partial charge in [0.25, 0.3) is 0 Å². The van der Waals surface area contributed by atoms with Crippen LogP contribution in [-0.4, -0.2) is 25.8 Å². The molecule has 2 rings (SSSR count). The molecule has 0 spiro atoms. The second kappa shape index (κ2) is 8.72. The molecule has 0 saturated carbocycles. The molecule has 1 N–H and O–H groups in total. The van der Waals surface area contributed by atoms with Crippen LogP contribution in [-0.2, 0) is 11.2 Å². The summed E-state index contributed by atoms with van der Waals surface area (Å²) in [6, 6.07) is 15.0. The summed E-state index contributed by atoms with van der Waals surface area (Å²) in [6.45, 7) is 2.00. The van der Waals surface area contributed by atoms with Crippen LogP contribution in [0.4, 0.5) is 0 Å². The lowest BCUT2D eigenvalue weighted by Crippen LogP contribution is -2.21. The molecule has 24 heavy (non-hydrogen) atoms. The van der Waals surface area contributed by atoms with Gasteiger partial charge in [0.05, 0.1) is 26.4 Å². The molecular formula is C19H22N2O3. The van der Waals surface area contributed by atoms with Crippen molar-refractivity contribution in [3.8, 4) is 11.5 Å². The first-order valence-corrected chi connectivity index (χ1v) is 7.79. The van der Waals surface area contributed by atoms with Gasteiger partial charge in [0.15, 0.2) is 0 Å². The van der Waals surface area contributed by atoms with E-state index in [0.717, 1.165) is 34.8 Å². The molecule has 2 aromatic carbocycles. The van der Waals surface area contributed by atoms with Gasteiger partial charge in [-0.25, -0.2) is 5.43 Å². The molecule has 0 heterocycles. The minimum Gasteiger partial charge on any atom is -0.497 e. The summed E-state index contributed by atoms with van der Waals surface area (Å²) in [5.41, 5.74) is 5.31. The van der Waals surface area contributed by atoms with E-state index < -0.39 is 0 Å². The van der Waals surface area contributed by atoms with E-state index in [2.05, 4.69) is 10.5 Å². The normalized spacial score (nSPS) is 11.0. The van der Waals surface area contributed by atoms with Crippen molar-refractivity contribution in [3.63, 3.8) is 0 Å². The van der Waals surface area contributed by atoms with Crippen molar-refractivity contribution < 1.29 is 14.3 Å². The van der Waals surface area contributed by atoms with E-state index in [1.54, 1.807) is 14.2 Å². The van der Waals surface area contributed by atoms with Gasteiger partial charge < -0.3 is 9.47 Å². The Morgan fingerprint density at radius 3 is 2.00 bits per heavy atom. The van der Waals surface area contributed by atoms with Crippen LogP contribution in [0.25, 0.3) is 0 Å². The Bertz CT molecular complexity index is 692. The number of nitrogens with one attached hydrogen (secondary N) is 1. The molecule has 0 saturated heterocycles. The lowest BCUT2D eigenvalue weighted by molar-refractivity contribution is -0.120. The van der Waals surface area contributed by atoms with Crippen LogP contribution >= 0.6 is 0 Å². The maximum absolute atomic E-state index is 12.0. The van der Waals surface area contributed by atoms with Gasteiger partial charge in [-0.2, -0.15) is 5.10 Å². The molecule has 0 aliphatic carbocycles. The Balaban J connectivity index is 1.98. The molecule has 0 aromatic heterocycles. The fourth-order valence-electron chi connectivity index (χ4n) is 2.23. The summed E-state index contributed by atoms with van der Waals surface area (Å²) < 4.78 is 10.2. The van der Waals surface area contributed by atoms with E-state index in [0.29, 0.717) is 0 Å². The molecule has 5 nitrogen and oxygen atoms in total. The first-order valence-electron chi connectivity index (χ1n) is 7.79. The van der Waals surface area contributed by atoms with E-state index in [-0.39, 0.29) is 12.3 Å². The molecule has 0 radical (unpaired) electrons. The topological polar surface area (TPSA) is 59.9 Å². The van der Waals surface area contributed by atoms with Crippen molar-refractivity contribution in [2.45, 2.75) is 19.8 Å². The highest BCUT2D eigenvalue weighted by atomic mass is 16.5. The minimum atomic E-state index is -0.153.